The quantitative estimate of drug-likeness (QED) is 0.472. The summed E-state index contributed by atoms with van der Waals surface area (Å²) in [5, 5.41) is 0. The highest BCUT2D eigenvalue weighted by atomic mass is 19.1. The lowest BCUT2D eigenvalue weighted by Gasteiger charge is -2.17. The van der Waals surface area contributed by atoms with Crippen molar-refractivity contribution in [3.8, 4) is 0 Å². The maximum Gasteiger partial charge on any atom is 0.411 e. The van der Waals surface area contributed by atoms with Gasteiger partial charge in [0.15, 0.2) is 6.80 Å². The van der Waals surface area contributed by atoms with E-state index < -0.39 is 12.9 Å². The van der Waals surface area contributed by atoms with Crippen LogP contribution in [-0.2, 0) is 4.74 Å². The third-order valence-corrected chi connectivity index (χ3v) is 1.87. The summed E-state index contributed by atoms with van der Waals surface area (Å²) in [5.41, 5.74) is 0. The third kappa shape index (κ3) is 5.78. The third-order valence-electron chi connectivity index (χ3n) is 1.87. The van der Waals surface area contributed by atoms with Crippen molar-refractivity contribution in [1.29, 1.82) is 0 Å². The molecule has 0 bridgehead atoms. The molecule has 0 aromatic carbocycles. The second kappa shape index (κ2) is 8.78. The molecule has 84 valence electrons. The highest BCUT2D eigenvalue weighted by Gasteiger charge is 2.12. The fourth-order valence-corrected chi connectivity index (χ4v) is 1.07. The molecule has 0 radical (unpaired) electrons. The SMILES string of the molecule is CCCCCOC(=O)N(CF)CCC. The molecule has 0 heterocycles. The largest absolute Gasteiger partial charge is 0.449 e. The van der Waals surface area contributed by atoms with Crippen LogP contribution in [0.1, 0.15) is 39.5 Å². The molecule has 0 aromatic rings. The summed E-state index contributed by atoms with van der Waals surface area (Å²) in [7, 11) is 0. The lowest BCUT2D eigenvalue weighted by molar-refractivity contribution is 0.0846. The van der Waals surface area contributed by atoms with E-state index in [1.807, 2.05) is 6.92 Å². The van der Waals surface area contributed by atoms with Gasteiger partial charge in [-0.25, -0.2) is 9.18 Å². The van der Waals surface area contributed by atoms with E-state index in [4.69, 9.17) is 4.74 Å². The Kier molecular flexibility index (Phi) is 8.28. The highest BCUT2D eigenvalue weighted by molar-refractivity contribution is 5.67. The molecule has 0 atom stereocenters. The van der Waals surface area contributed by atoms with Crippen LogP contribution in [0.4, 0.5) is 9.18 Å². The molecule has 0 saturated heterocycles. The standard InChI is InChI=1S/C10H20FNO2/c1-3-5-6-8-14-10(13)12(9-11)7-4-2/h3-9H2,1-2H3. The molecule has 0 unspecified atom stereocenters. The Morgan fingerprint density at radius 3 is 2.50 bits per heavy atom. The minimum Gasteiger partial charge on any atom is -0.449 e. The molecular formula is C10H20FNO2. The number of hydrogen-bond acceptors (Lipinski definition) is 2. The van der Waals surface area contributed by atoms with E-state index in [2.05, 4.69) is 6.92 Å². The van der Waals surface area contributed by atoms with Crippen LogP contribution in [-0.4, -0.2) is 30.9 Å². The van der Waals surface area contributed by atoms with E-state index in [-0.39, 0.29) is 0 Å². The van der Waals surface area contributed by atoms with Crippen molar-refractivity contribution in [2.24, 2.45) is 0 Å². The van der Waals surface area contributed by atoms with Crippen molar-refractivity contribution >= 4 is 6.09 Å². The number of carbonyl (C=O) groups excluding carboxylic acids is 1. The molecule has 1 amide bonds. The van der Waals surface area contributed by atoms with Crippen LogP contribution >= 0.6 is 0 Å². The summed E-state index contributed by atoms with van der Waals surface area (Å²) in [6.45, 7) is 4.02. The molecule has 4 heteroatoms. The molecular weight excluding hydrogens is 185 g/mol. The highest BCUT2D eigenvalue weighted by Crippen LogP contribution is 1.99. The molecule has 3 nitrogen and oxygen atoms in total. The van der Waals surface area contributed by atoms with Crippen molar-refractivity contribution < 1.29 is 13.9 Å². The Hall–Kier alpha value is -0.800. The molecule has 0 aliphatic rings. The smallest absolute Gasteiger partial charge is 0.411 e. The van der Waals surface area contributed by atoms with Gasteiger partial charge in [-0.05, 0) is 12.8 Å². The predicted molar refractivity (Wildman–Crippen MR) is 53.8 cm³/mol. The normalized spacial score (nSPS) is 9.93. The predicted octanol–water partition coefficient (Wildman–Crippen LogP) is 2.95. The van der Waals surface area contributed by atoms with Crippen molar-refractivity contribution in [2.75, 3.05) is 20.0 Å². The number of nitrogens with zero attached hydrogens (tertiary/aromatic N) is 1. The number of hydrogen-bond donors (Lipinski definition) is 0. The summed E-state index contributed by atoms with van der Waals surface area (Å²) in [6, 6.07) is 0. The second-order valence-electron chi connectivity index (χ2n) is 3.20. The van der Waals surface area contributed by atoms with Gasteiger partial charge < -0.3 is 4.74 Å². The fourth-order valence-electron chi connectivity index (χ4n) is 1.07. The average molecular weight is 205 g/mol. The first-order valence-corrected chi connectivity index (χ1v) is 5.23. The zero-order chi connectivity index (χ0) is 10.8. The van der Waals surface area contributed by atoms with Gasteiger partial charge in [-0.3, -0.25) is 4.90 Å². The van der Waals surface area contributed by atoms with Gasteiger partial charge in [-0.1, -0.05) is 26.7 Å². The molecule has 0 aliphatic carbocycles. The number of amides is 1. The van der Waals surface area contributed by atoms with Gasteiger partial charge in [0.05, 0.1) is 6.61 Å². The molecule has 0 aliphatic heterocycles. The summed E-state index contributed by atoms with van der Waals surface area (Å²) in [5.74, 6) is 0. The zero-order valence-electron chi connectivity index (χ0n) is 9.09. The molecule has 0 rings (SSSR count). The van der Waals surface area contributed by atoms with E-state index >= 15 is 0 Å². The van der Waals surface area contributed by atoms with Gasteiger partial charge >= 0.3 is 6.09 Å². The number of rotatable bonds is 7. The van der Waals surface area contributed by atoms with E-state index in [0.717, 1.165) is 30.6 Å². The number of carbonyl (C=O) groups is 1. The Morgan fingerprint density at radius 2 is 2.00 bits per heavy atom. The van der Waals surface area contributed by atoms with E-state index in [0.29, 0.717) is 13.2 Å². The van der Waals surface area contributed by atoms with Gasteiger partial charge in [-0.2, -0.15) is 0 Å². The number of unbranched alkanes of at least 4 members (excludes halogenated alkanes) is 2. The van der Waals surface area contributed by atoms with Crippen LogP contribution in [0, 0.1) is 0 Å². The Bertz CT molecular complexity index is 153. The maximum atomic E-state index is 12.3. The topological polar surface area (TPSA) is 29.5 Å². The zero-order valence-corrected chi connectivity index (χ0v) is 9.09. The Balaban J connectivity index is 3.58. The molecule has 0 N–H and O–H groups in total. The Morgan fingerprint density at radius 1 is 1.29 bits per heavy atom. The maximum absolute atomic E-state index is 12.3. The second-order valence-corrected chi connectivity index (χ2v) is 3.20. The van der Waals surface area contributed by atoms with Crippen LogP contribution in [0.2, 0.25) is 0 Å². The van der Waals surface area contributed by atoms with E-state index in [9.17, 15) is 9.18 Å². The van der Waals surface area contributed by atoms with Crippen LogP contribution in [0.25, 0.3) is 0 Å². The molecule has 14 heavy (non-hydrogen) atoms. The number of ether oxygens (including phenoxy) is 1. The lowest BCUT2D eigenvalue weighted by Crippen LogP contribution is -2.31. The van der Waals surface area contributed by atoms with Gasteiger partial charge in [0, 0.05) is 6.54 Å². The van der Waals surface area contributed by atoms with E-state index in [1.165, 1.54) is 0 Å². The monoisotopic (exact) mass is 205 g/mol. The van der Waals surface area contributed by atoms with Crippen LogP contribution in [0.3, 0.4) is 0 Å². The van der Waals surface area contributed by atoms with Gasteiger partial charge in [-0.15, -0.1) is 0 Å². The van der Waals surface area contributed by atoms with Crippen LogP contribution in [0.5, 0.6) is 0 Å². The summed E-state index contributed by atoms with van der Waals surface area (Å²) < 4.78 is 17.2. The minimum absolute atomic E-state index is 0.396. The molecule has 0 fully saturated rings. The van der Waals surface area contributed by atoms with Crippen molar-refractivity contribution in [3.63, 3.8) is 0 Å². The molecule has 0 saturated carbocycles. The van der Waals surface area contributed by atoms with E-state index in [1.54, 1.807) is 0 Å². The Labute approximate surface area is 85.2 Å². The molecule has 0 spiro atoms. The first kappa shape index (κ1) is 13.2. The van der Waals surface area contributed by atoms with Crippen molar-refractivity contribution in [2.45, 2.75) is 39.5 Å². The van der Waals surface area contributed by atoms with Crippen LogP contribution in [0.15, 0.2) is 0 Å². The van der Waals surface area contributed by atoms with Crippen molar-refractivity contribution in [3.05, 3.63) is 0 Å². The lowest BCUT2D eigenvalue weighted by atomic mass is 10.3. The molecule has 0 aromatic heterocycles. The number of alkyl halides is 1. The van der Waals surface area contributed by atoms with Gasteiger partial charge in [0.1, 0.15) is 0 Å². The fraction of sp³-hybridized carbons (Fsp3) is 0.900. The van der Waals surface area contributed by atoms with Gasteiger partial charge in [0.2, 0.25) is 0 Å². The first-order chi connectivity index (χ1) is 6.76. The summed E-state index contributed by atoms with van der Waals surface area (Å²) >= 11 is 0. The summed E-state index contributed by atoms with van der Waals surface area (Å²) in [6.07, 6.45) is 3.18. The summed E-state index contributed by atoms with van der Waals surface area (Å²) in [4.78, 5) is 12.3. The van der Waals surface area contributed by atoms with Crippen molar-refractivity contribution in [1.82, 2.24) is 4.90 Å². The average Bonchev–Trinajstić information content (AvgIpc) is 2.20. The number of halogens is 1. The van der Waals surface area contributed by atoms with Gasteiger partial charge in [0.25, 0.3) is 0 Å². The minimum atomic E-state index is -0.763. The first-order valence-electron chi connectivity index (χ1n) is 5.23. The van der Waals surface area contributed by atoms with Crippen LogP contribution < -0.4 is 0 Å².